The first-order chi connectivity index (χ1) is 5.08. The van der Waals surface area contributed by atoms with Gasteiger partial charge in [0.05, 0.1) is 0 Å². The SMILES string of the molecule is CNC(=O)C1(F)CCN(C)C1. The van der Waals surface area contributed by atoms with E-state index in [0.29, 0.717) is 13.0 Å². The van der Waals surface area contributed by atoms with Gasteiger partial charge in [0.2, 0.25) is 5.67 Å². The van der Waals surface area contributed by atoms with Crippen molar-refractivity contribution in [1.29, 1.82) is 0 Å². The number of carbonyl (C=O) groups is 1. The number of carbonyl (C=O) groups excluding carboxylic acids is 1. The van der Waals surface area contributed by atoms with E-state index in [-0.39, 0.29) is 6.54 Å². The summed E-state index contributed by atoms with van der Waals surface area (Å²) in [5, 5.41) is 2.33. The van der Waals surface area contributed by atoms with Gasteiger partial charge >= 0.3 is 0 Å². The van der Waals surface area contributed by atoms with Crippen LogP contribution < -0.4 is 5.32 Å². The highest BCUT2D eigenvalue weighted by molar-refractivity contribution is 5.85. The third-order valence-corrected chi connectivity index (χ3v) is 2.04. The van der Waals surface area contributed by atoms with Gasteiger partial charge in [0, 0.05) is 26.6 Å². The normalized spacial score (nSPS) is 32.3. The molecule has 1 heterocycles. The summed E-state index contributed by atoms with van der Waals surface area (Å²) in [5.41, 5.74) is -1.65. The molecule has 1 fully saturated rings. The number of nitrogens with one attached hydrogen (secondary N) is 1. The maximum atomic E-state index is 13.5. The predicted octanol–water partition coefficient (Wildman–Crippen LogP) is -0.224. The van der Waals surface area contributed by atoms with E-state index < -0.39 is 11.6 Å². The molecule has 1 aliphatic heterocycles. The highest BCUT2D eigenvalue weighted by Crippen LogP contribution is 2.24. The topological polar surface area (TPSA) is 32.3 Å². The van der Waals surface area contributed by atoms with Crippen molar-refractivity contribution >= 4 is 5.91 Å². The van der Waals surface area contributed by atoms with Crippen molar-refractivity contribution in [3.05, 3.63) is 0 Å². The van der Waals surface area contributed by atoms with E-state index >= 15 is 0 Å². The van der Waals surface area contributed by atoms with Gasteiger partial charge in [-0.05, 0) is 7.05 Å². The van der Waals surface area contributed by atoms with Gasteiger partial charge in [-0.3, -0.25) is 4.79 Å². The van der Waals surface area contributed by atoms with Gasteiger partial charge in [-0.25, -0.2) is 4.39 Å². The van der Waals surface area contributed by atoms with Crippen molar-refractivity contribution in [2.45, 2.75) is 12.1 Å². The van der Waals surface area contributed by atoms with Crippen LogP contribution in [0.1, 0.15) is 6.42 Å². The molecule has 1 rings (SSSR count). The maximum absolute atomic E-state index is 13.5. The number of hydrogen-bond acceptors (Lipinski definition) is 2. The van der Waals surface area contributed by atoms with E-state index in [1.165, 1.54) is 7.05 Å². The number of likely N-dealkylation sites (tertiary alicyclic amines) is 1. The van der Waals surface area contributed by atoms with Gasteiger partial charge in [-0.2, -0.15) is 0 Å². The van der Waals surface area contributed by atoms with Crippen LogP contribution in [0, 0.1) is 0 Å². The van der Waals surface area contributed by atoms with Crippen molar-refractivity contribution in [3.63, 3.8) is 0 Å². The lowest BCUT2D eigenvalue weighted by molar-refractivity contribution is -0.131. The second-order valence-electron chi connectivity index (χ2n) is 3.03. The lowest BCUT2D eigenvalue weighted by Crippen LogP contribution is -2.43. The Morgan fingerprint density at radius 1 is 1.73 bits per heavy atom. The molecule has 0 aromatic carbocycles. The first kappa shape index (κ1) is 8.46. The molecule has 0 saturated carbocycles. The van der Waals surface area contributed by atoms with Gasteiger partial charge in [0.1, 0.15) is 0 Å². The number of hydrogen-bond donors (Lipinski definition) is 1. The van der Waals surface area contributed by atoms with Gasteiger partial charge < -0.3 is 10.2 Å². The summed E-state index contributed by atoms with van der Waals surface area (Å²) in [7, 11) is 3.27. The summed E-state index contributed by atoms with van der Waals surface area (Å²) in [5.74, 6) is -0.498. The molecule has 1 saturated heterocycles. The fourth-order valence-corrected chi connectivity index (χ4v) is 1.36. The predicted molar refractivity (Wildman–Crippen MR) is 40.0 cm³/mol. The number of nitrogens with zero attached hydrogens (tertiary/aromatic N) is 1. The second kappa shape index (κ2) is 2.77. The number of halogens is 1. The van der Waals surface area contributed by atoms with Crippen LogP contribution in [-0.2, 0) is 4.79 Å². The van der Waals surface area contributed by atoms with Crippen LogP contribution in [-0.4, -0.2) is 43.7 Å². The van der Waals surface area contributed by atoms with Crippen LogP contribution >= 0.6 is 0 Å². The lowest BCUT2D eigenvalue weighted by atomic mass is 10.1. The molecule has 0 aromatic heterocycles. The van der Waals surface area contributed by atoms with Crippen LogP contribution in [0.15, 0.2) is 0 Å². The molecular weight excluding hydrogens is 147 g/mol. The molecule has 1 atom stereocenters. The zero-order chi connectivity index (χ0) is 8.48. The number of amides is 1. The molecule has 1 aliphatic rings. The first-order valence-corrected chi connectivity index (χ1v) is 3.68. The minimum atomic E-state index is -1.65. The molecule has 11 heavy (non-hydrogen) atoms. The summed E-state index contributed by atoms with van der Waals surface area (Å²) in [6.07, 6.45) is 0.309. The Morgan fingerprint density at radius 3 is 2.73 bits per heavy atom. The lowest BCUT2D eigenvalue weighted by Gasteiger charge is -2.16. The third kappa shape index (κ3) is 1.50. The summed E-state index contributed by atoms with van der Waals surface area (Å²) in [6.45, 7) is 0.872. The zero-order valence-electron chi connectivity index (χ0n) is 6.85. The van der Waals surface area contributed by atoms with Crippen molar-refractivity contribution in [2.24, 2.45) is 0 Å². The smallest absolute Gasteiger partial charge is 0.258 e. The zero-order valence-corrected chi connectivity index (χ0v) is 6.85. The fraction of sp³-hybridized carbons (Fsp3) is 0.857. The summed E-state index contributed by atoms with van der Waals surface area (Å²) < 4.78 is 13.5. The molecule has 64 valence electrons. The Morgan fingerprint density at radius 2 is 2.36 bits per heavy atom. The molecule has 0 spiro atoms. The summed E-state index contributed by atoms with van der Waals surface area (Å²) in [6, 6.07) is 0. The van der Waals surface area contributed by atoms with Crippen molar-refractivity contribution < 1.29 is 9.18 Å². The average Bonchev–Trinajstić information content (AvgIpc) is 2.31. The van der Waals surface area contributed by atoms with Crippen LogP contribution in [0.3, 0.4) is 0 Å². The maximum Gasteiger partial charge on any atom is 0.258 e. The van der Waals surface area contributed by atoms with Gasteiger partial charge in [-0.1, -0.05) is 0 Å². The van der Waals surface area contributed by atoms with E-state index in [1.54, 1.807) is 0 Å². The molecule has 0 aromatic rings. The summed E-state index contributed by atoms with van der Waals surface area (Å²) >= 11 is 0. The Kier molecular flexibility index (Phi) is 2.13. The van der Waals surface area contributed by atoms with Crippen LogP contribution in [0.4, 0.5) is 4.39 Å². The van der Waals surface area contributed by atoms with E-state index in [4.69, 9.17) is 0 Å². The van der Waals surface area contributed by atoms with Gasteiger partial charge in [-0.15, -0.1) is 0 Å². The van der Waals surface area contributed by atoms with Crippen molar-refractivity contribution in [3.8, 4) is 0 Å². The molecule has 4 heteroatoms. The number of alkyl halides is 1. The van der Waals surface area contributed by atoms with Gasteiger partial charge in [0.25, 0.3) is 5.91 Å². The highest BCUT2D eigenvalue weighted by Gasteiger charge is 2.43. The third-order valence-electron chi connectivity index (χ3n) is 2.04. The Labute approximate surface area is 65.6 Å². The monoisotopic (exact) mass is 160 g/mol. The van der Waals surface area contributed by atoms with Gasteiger partial charge in [0.15, 0.2) is 0 Å². The molecule has 0 aliphatic carbocycles. The van der Waals surface area contributed by atoms with E-state index in [1.807, 2.05) is 11.9 Å². The van der Waals surface area contributed by atoms with Crippen molar-refractivity contribution in [1.82, 2.24) is 10.2 Å². The van der Waals surface area contributed by atoms with E-state index in [0.717, 1.165) is 0 Å². The Balaban J connectivity index is 2.61. The highest BCUT2D eigenvalue weighted by atomic mass is 19.1. The van der Waals surface area contributed by atoms with E-state index in [9.17, 15) is 9.18 Å². The fourth-order valence-electron chi connectivity index (χ4n) is 1.36. The average molecular weight is 160 g/mol. The minimum absolute atomic E-state index is 0.215. The molecule has 0 radical (unpaired) electrons. The van der Waals surface area contributed by atoms with Crippen LogP contribution in [0.5, 0.6) is 0 Å². The molecule has 1 amide bonds. The molecule has 1 unspecified atom stereocenters. The molecular formula is C7H13FN2O. The Hall–Kier alpha value is -0.640. The van der Waals surface area contributed by atoms with Crippen LogP contribution in [0.25, 0.3) is 0 Å². The van der Waals surface area contributed by atoms with Crippen LogP contribution in [0.2, 0.25) is 0 Å². The molecule has 3 nitrogen and oxygen atoms in total. The first-order valence-electron chi connectivity index (χ1n) is 3.68. The summed E-state index contributed by atoms with van der Waals surface area (Å²) in [4.78, 5) is 12.8. The second-order valence-corrected chi connectivity index (χ2v) is 3.03. The van der Waals surface area contributed by atoms with E-state index in [2.05, 4.69) is 5.32 Å². The minimum Gasteiger partial charge on any atom is -0.356 e. The standard InChI is InChI=1S/C7H13FN2O/c1-9-6(11)7(8)3-4-10(2)5-7/h3-5H2,1-2H3,(H,9,11). The largest absolute Gasteiger partial charge is 0.356 e. The van der Waals surface area contributed by atoms with Crippen molar-refractivity contribution in [2.75, 3.05) is 27.2 Å². The number of rotatable bonds is 1. The Bertz CT molecular complexity index is 174. The molecule has 1 N–H and O–H groups in total. The molecule has 0 bridgehead atoms. The quantitative estimate of drug-likeness (QED) is 0.575.